The molecule has 0 heterocycles. The van der Waals surface area contributed by atoms with Gasteiger partial charge in [-0.15, -0.1) is 11.8 Å². The van der Waals surface area contributed by atoms with E-state index in [0.717, 1.165) is 16.6 Å². The molecule has 1 unspecified atom stereocenters. The van der Waals surface area contributed by atoms with Crippen molar-refractivity contribution >= 4 is 11.8 Å². The van der Waals surface area contributed by atoms with Crippen LogP contribution in [0.3, 0.4) is 0 Å². The maximum absolute atomic E-state index is 9.22. The fraction of sp³-hybridized carbons (Fsp3) is 0.455. The van der Waals surface area contributed by atoms with Crippen molar-refractivity contribution in [2.24, 2.45) is 5.92 Å². The monoisotopic (exact) mass is 196 g/mol. The number of benzene rings is 1. The Labute approximate surface area is 84.2 Å². The molecule has 0 aliphatic carbocycles. The zero-order valence-electron chi connectivity index (χ0n) is 8.16. The summed E-state index contributed by atoms with van der Waals surface area (Å²) in [6.07, 6.45) is 1.21. The van der Waals surface area contributed by atoms with Crippen molar-refractivity contribution in [2.45, 2.75) is 25.2 Å². The molecule has 1 atom stereocenters. The van der Waals surface area contributed by atoms with Gasteiger partial charge in [0, 0.05) is 10.6 Å². The van der Waals surface area contributed by atoms with E-state index in [1.807, 2.05) is 30.0 Å². The predicted molar refractivity (Wildman–Crippen MR) is 58.3 cm³/mol. The van der Waals surface area contributed by atoms with Crippen LogP contribution in [0.15, 0.2) is 29.2 Å². The van der Waals surface area contributed by atoms with Gasteiger partial charge < -0.3 is 5.11 Å². The van der Waals surface area contributed by atoms with Gasteiger partial charge in [0.05, 0.1) is 0 Å². The Morgan fingerprint density at radius 3 is 2.85 bits per heavy atom. The van der Waals surface area contributed by atoms with E-state index in [1.165, 1.54) is 6.42 Å². The zero-order chi connectivity index (χ0) is 9.68. The summed E-state index contributed by atoms with van der Waals surface area (Å²) in [7, 11) is 0. The van der Waals surface area contributed by atoms with Gasteiger partial charge in [-0.1, -0.05) is 26.3 Å². The van der Waals surface area contributed by atoms with Gasteiger partial charge >= 0.3 is 0 Å². The number of thioether (sulfide) groups is 1. The van der Waals surface area contributed by atoms with E-state index in [2.05, 4.69) is 13.8 Å². The van der Waals surface area contributed by atoms with Crippen LogP contribution < -0.4 is 0 Å². The number of phenols is 1. The molecule has 0 fully saturated rings. The summed E-state index contributed by atoms with van der Waals surface area (Å²) in [4.78, 5) is 1.15. The molecule has 0 radical (unpaired) electrons. The standard InChI is InChI=1S/C11H16OS/c1-3-9(2)8-13-11-6-4-5-10(12)7-11/h4-7,9,12H,3,8H2,1-2H3. The maximum Gasteiger partial charge on any atom is 0.116 e. The molecule has 0 spiro atoms. The third-order valence-corrected chi connectivity index (χ3v) is 3.37. The SMILES string of the molecule is CCC(C)CSc1cccc(O)c1. The van der Waals surface area contributed by atoms with Crippen LogP contribution in [0.2, 0.25) is 0 Å². The van der Waals surface area contributed by atoms with Crippen LogP contribution in [0.5, 0.6) is 5.75 Å². The lowest BCUT2D eigenvalue weighted by atomic mass is 10.2. The van der Waals surface area contributed by atoms with Crippen molar-refractivity contribution < 1.29 is 5.11 Å². The fourth-order valence-electron chi connectivity index (χ4n) is 0.930. The molecule has 0 aliphatic heterocycles. The van der Waals surface area contributed by atoms with Crippen LogP contribution in [0, 0.1) is 5.92 Å². The zero-order valence-corrected chi connectivity index (χ0v) is 8.97. The first-order valence-electron chi connectivity index (χ1n) is 4.64. The molecule has 13 heavy (non-hydrogen) atoms. The van der Waals surface area contributed by atoms with Gasteiger partial charge in [-0.2, -0.15) is 0 Å². The second kappa shape index (κ2) is 5.18. The molecule has 0 aromatic heterocycles. The highest BCUT2D eigenvalue weighted by atomic mass is 32.2. The molecule has 1 rings (SSSR count). The van der Waals surface area contributed by atoms with Crippen molar-refractivity contribution in [2.75, 3.05) is 5.75 Å². The van der Waals surface area contributed by atoms with E-state index in [0.29, 0.717) is 5.75 Å². The minimum absolute atomic E-state index is 0.356. The minimum atomic E-state index is 0.356. The summed E-state index contributed by atoms with van der Waals surface area (Å²) >= 11 is 1.81. The summed E-state index contributed by atoms with van der Waals surface area (Å²) < 4.78 is 0. The van der Waals surface area contributed by atoms with Crippen molar-refractivity contribution in [3.05, 3.63) is 24.3 Å². The molecular formula is C11H16OS. The Hall–Kier alpha value is -0.630. The molecule has 0 aliphatic rings. The summed E-state index contributed by atoms with van der Waals surface area (Å²) in [5, 5.41) is 9.22. The van der Waals surface area contributed by atoms with Gasteiger partial charge in [-0.05, 0) is 24.1 Å². The first-order chi connectivity index (χ1) is 6.22. The molecule has 0 amide bonds. The van der Waals surface area contributed by atoms with Crippen molar-refractivity contribution in [3.63, 3.8) is 0 Å². The van der Waals surface area contributed by atoms with Crippen molar-refractivity contribution in [3.8, 4) is 5.75 Å². The van der Waals surface area contributed by atoms with E-state index in [9.17, 15) is 5.11 Å². The highest BCUT2D eigenvalue weighted by molar-refractivity contribution is 7.99. The van der Waals surface area contributed by atoms with Gasteiger partial charge in [0.1, 0.15) is 5.75 Å². The second-order valence-electron chi connectivity index (χ2n) is 3.32. The summed E-state index contributed by atoms with van der Waals surface area (Å²) in [6, 6.07) is 7.43. The van der Waals surface area contributed by atoms with Crippen LogP contribution in [0.25, 0.3) is 0 Å². The van der Waals surface area contributed by atoms with Gasteiger partial charge in [0.2, 0.25) is 0 Å². The fourth-order valence-corrected chi connectivity index (χ4v) is 2.02. The lowest BCUT2D eigenvalue weighted by molar-refractivity contribution is 0.474. The number of hydrogen-bond acceptors (Lipinski definition) is 2. The molecule has 0 bridgehead atoms. The minimum Gasteiger partial charge on any atom is -0.508 e. The molecule has 2 heteroatoms. The van der Waals surface area contributed by atoms with Crippen LogP contribution in [0.1, 0.15) is 20.3 Å². The predicted octanol–water partition coefficient (Wildman–Crippen LogP) is 3.53. The molecule has 0 saturated carbocycles. The highest BCUT2D eigenvalue weighted by Crippen LogP contribution is 2.24. The van der Waals surface area contributed by atoms with E-state index < -0.39 is 0 Å². The van der Waals surface area contributed by atoms with Crippen molar-refractivity contribution in [1.82, 2.24) is 0 Å². The molecule has 1 nitrogen and oxygen atoms in total. The first-order valence-corrected chi connectivity index (χ1v) is 5.62. The van der Waals surface area contributed by atoms with Gasteiger partial charge in [-0.3, -0.25) is 0 Å². The number of hydrogen-bond donors (Lipinski definition) is 1. The number of aromatic hydroxyl groups is 1. The lowest BCUT2D eigenvalue weighted by Crippen LogP contribution is -1.94. The first kappa shape index (κ1) is 10.5. The number of phenolic OH excluding ortho intramolecular Hbond substituents is 1. The van der Waals surface area contributed by atoms with E-state index in [4.69, 9.17) is 0 Å². The van der Waals surface area contributed by atoms with E-state index in [1.54, 1.807) is 6.07 Å². The summed E-state index contributed by atoms with van der Waals surface area (Å²) in [5.41, 5.74) is 0. The van der Waals surface area contributed by atoms with E-state index in [-0.39, 0.29) is 0 Å². The quantitative estimate of drug-likeness (QED) is 0.743. The highest BCUT2D eigenvalue weighted by Gasteiger charge is 2.00. The van der Waals surface area contributed by atoms with Crippen LogP contribution in [-0.2, 0) is 0 Å². The number of rotatable bonds is 4. The Morgan fingerprint density at radius 2 is 2.23 bits per heavy atom. The molecule has 1 aromatic rings. The maximum atomic E-state index is 9.22. The lowest BCUT2D eigenvalue weighted by Gasteiger charge is -2.07. The summed E-state index contributed by atoms with van der Waals surface area (Å²) in [6.45, 7) is 4.45. The van der Waals surface area contributed by atoms with Crippen molar-refractivity contribution in [1.29, 1.82) is 0 Å². The Kier molecular flexibility index (Phi) is 4.16. The van der Waals surface area contributed by atoms with E-state index >= 15 is 0 Å². The van der Waals surface area contributed by atoms with Crippen LogP contribution in [-0.4, -0.2) is 10.9 Å². The largest absolute Gasteiger partial charge is 0.508 e. The molecule has 1 N–H and O–H groups in total. The molecule has 72 valence electrons. The second-order valence-corrected chi connectivity index (χ2v) is 4.42. The Bertz CT molecular complexity index is 260. The van der Waals surface area contributed by atoms with Gasteiger partial charge in [0.15, 0.2) is 0 Å². The smallest absolute Gasteiger partial charge is 0.116 e. The average molecular weight is 196 g/mol. The Balaban J connectivity index is 2.45. The van der Waals surface area contributed by atoms with Crippen LogP contribution in [0.4, 0.5) is 0 Å². The molecular weight excluding hydrogens is 180 g/mol. The molecule has 0 saturated heterocycles. The third-order valence-electron chi connectivity index (χ3n) is 2.05. The third kappa shape index (κ3) is 3.73. The normalized spacial score (nSPS) is 12.8. The van der Waals surface area contributed by atoms with Gasteiger partial charge in [0.25, 0.3) is 0 Å². The van der Waals surface area contributed by atoms with Gasteiger partial charge in [-0.25, -0.2) is 0 Å². The summed E-state index contributed by atoms with van der Waals surface area (Å²) in [5.74, 6) is 2.22. The average Bonchev–Trinajstić information content (AvgIpc) is 2.14. The molecule has 1 aromatic carbocycles. The topological polar surface area (TPSA) is 20.2 Å². The van der Waals surface area contributed by atoms with Crippen LogP contribution >= 0.6 is 11.8 Å². The Morgan fingerprint density at radius 1 is 1.46 bits per heavy atom.